The van der Waals surface area contributed by atoms with Gasteiger partial charge in [0.25, 0.3) is 5.91 Å². The van der Waals surface area contributed by atoms with Crippen LogP contribution in [0.1, 0.15) is 40.7 Å². The molecule has 0 saturated carbocycles. The Balaban J connectivity index is 2.19. The zero-order valence-electron chi connectivity index (χ0n) is 11.8. The number of rotatable bonds is 3. The van der Waals surface area contributed by atoms with E-state index in [1.165, 1.54) is 11.3 Å². The van der Waals surface area contributed by atoms with Gasteiger partial charge in [-0.1, -0.05) is 0 Å². The molecule has 1 aromatic rings. The SMILES string of the molecule is CCOC(=O)C1CCCCN1C(=O)c1cc(N)c(C)s1. The standard InChI is InChI=1S/C14H20N2O3S/c1-3-19-14(18)11-6-4-5-7-16(11)13(17)12-8-10(15)9(2)20-12/h8,11H,3-7,15H2,1-2H3. The highest BCUT2D eigenvalue weighted by atomic mass is 32.1. The van der Waals surface area contributed by atoms with Gasteiger partial charge in [-0.15, -0.1) is 11.3 Å². The first-order chi connectivity index (χ1) is 9.54. The van der Waals surface area contributed by atoms with E-state index in [4.69, 9.17) is 10.5 Å². The summed E-state index contributed by atoms with van der Waals surface area (Å²) >= 11 is 1.37. The van der Waals surface area contributed by atoms with Gasteiger partial charge < -0.3 is 15.4 Å². The molecule has 0 bridgehead atoms. The van der Waals surface area contributed by atoms with Gasteiger partial charge in [0.05, 0.1) is 11.5 Å². The summed E-state index contributed by atoms with van der Waals surface area (Å²) in [4.78, 5) is 27.7. The molecule has 1 aromatic heterocycles. The number of carbonyl (C=O) groups is 2. The number of thiophene rings is 1. The van der Waals surface area contributed by atoms with Crippen LogP contribution < -0.4 is 5.73 Å². The van der Waals surface area contributed by atoms with E-state index < -0.39 is 6.04 Å². The summed E-state index contributed by atoms with van der Waals surface area (Å²) in [6.07, 6.45) is 2.53. The highest BCUT2D eigenvalue weighted by Gasteiger charge is 2.34. The molecule has 1 aliphatic heterocycles. The van der Waals surface area contributed by atoms with Crippen LogP contribution in [0.4, 0.5) is 5.69 Å². The second-order valence-electron chi connectivity index (χ2n) is 4.88. The molecule has 2 heterocycles. The van der Waals surface area contributed by atoms with E-state index in [0.29, 0.717) is 30.1 Å². The number of ether oxygens (including phenoxy) is 1. The maximum absolute atomic E-state index is 12.6. The third-order valence-electron chi connectivity index (χ3n) is 3.49. The number of aryl methyl sites for hydroxylation is 1. The average molecular weight is 296 g/mol. The maximum atomic E-state index is 12.6. The van der Waals surface area contributed by atoms with Crippen molar-refractivity contribution in [2.75, 3.05) is 18.9 Å². The molecule has 1 saturated heterocycles. The van der Waals surface area contributed by atoms with Crippen LogP contribution in [0.3, 0.4) is 0 Å². The third-order valence-corrected chi connectivity index (χ3v) is 4.54. The Labute approximate surface area is 122 Å². The van der Waals surface area contributed by atoms with Crippen LogP contribution in [0, 0.1) is 6.92 Å². The summed E-state index contributed by atoms with van der Waals surface area (Å²) in [6, 6.07) is 1.24. The first-order valence-electron chi connectivity index (χ1n) is 6.88. The lowest BCUT2D eigenvalue weighted by Gasteiger charge is -2.33. The number of carbonyl (C=O) groups excluding carboxylic acids is 2. The molecule has 6 heteroatoms. The average Bonchev–Trinajstić information content (AvgIpc) is 2.78. The number of nitrogen functional groups attached to an aromatic ring is 1. The van der Waals surface area contributed by atoms with Crippen LogP contribution in [0.5, 0.6) is 0 Å². The van der Waals surface area contributed by atoms with Crippen LogP contribution in [0.2, 0.25) is 0 Å². The van der Waals surface area contributed by atoms with Crippen molar-refractivity contribution in [3.8, 4) is 0 Å². The number of nitrogens with two attached hydrogens (primary N) is 1. The molecule has 20 heavy (non-hydrogen) atoms. The lowest BCUT2D eigenvalue weighted by Crippen LogP contribution is -2.48. The summed E-state index contributed by atoms with van der Waals surface area (Å²) in [7, 11) is 0. The number of likely N-dealkylation sites (tertiary alicyclic amines) is 1. The fourth-order valence-electron chi connectivity index (χ4n) is 2.40. The fourth-order valence-corrected chi connectivity index (χ4v) is 3.30. The quantitative estimate of drug-likeness (QED) is 0.868. The first kappa shape index (κ1) is 14.8. The van der Waals surface area contributed by atoms with E-state index in [1.807, 2.05) is 6.92 Å². The minimum atomic E-state index is -0.458. The van der Waals surface area contributed by atoms with Gasteiger partial charge in [0, 0.05) is 17.1 Å². The van der Waals surface area contributed by atoms with Gasteiger partial charge >= 0.3 is 5.97 Å². The molecule has 2 rings (SSSR count). The van der Waals surface area contributed by atoms with Gasteiger partial charge in [0.2, 0.25) is 0 Å². The predicted molar refractivity (Wildman–Crippen MR) is 78.8 cm³/mol. The minimum Gasteiger partial charge on any atom is -0.464 e. The van der Waals surface area contributed by atoms with E-state index >= 15 is 0 Å². The molecule has 0 aromatic carbocycles. The molecule has 1 unspecified atom stereocenters. The summed E-state index contributed by atoms with van der Waals surface area (Å²) in [5.41, 5.74) is 6.43. The molecular formula is C14H20N2O3S. The number of piperidine rings is 1. The summed E-state index contributed by atoms with van der Waals surface area (Å²) in [6.45, 7) is 4.59. The van der Waals surface area contributed by atoms with Gasteiger partial charge in [0.1, 0.15) is 6.04 Å². The predicted octanol–water partition coefficient (Wildman–Crippen LogP) is 2.20. The first-order valence-corrected chi connectivity index (χ1v) is 7.69. The molecule has 110 valence electrons. The minimum absolute atomic E-state index is 0.118. The van der Waals surface area contributed by atoms with E-state index in [1.54, 1.807) is 17.9 Å². The van der Waals surface area contributed by atoms with E-state index in [-0.39, 0.29) is 11.9 Å². The van der Waals surface area contributed by atoms with Crippen molar-refractivity contribution in [2.45, 2.75) is 39.2 Å². The lowest BCUT2D eigenvalue weighted by atomic mass is 10.0. The molecule has 1 aliphatic rings. The number of hydrogen-bond donors (Lipinski definition) is 1. The van der Waals surface area contributed by atoms with Crippen LogP contribution in [0.15, 0.2) is 6.07 Å². The normalized spacial score (nSPS) is 18.9. The Morgan fingerprint density at radius 1 is 1.50 bits per heavy atom. The Hall–Kier alpha value is -1.56. The van der Waals surface area contributed by atoms with Crippen LogP contribution in [-0.2, 0) is 9.53 Å². The van der Waals surface area contributed by atoms with Crippen molar-refractivity contribution in [1.29, 1.82) is 0 Å². The topological polar surface area (TPSA) is 72.6 Å². The highest BCUT2D eigenvalue weighted by Crippen LogP contribution is 2.27. The van der Waals surface area contributed by atoms with Crippen LogP contribution in [0.25, 0.3) is 0 Å². The zero-order chi connectivity index (χ0) is 14.7. The van der Waals surface area contributed by atoms with Crippen molar-refractivity contribution in [2.24, 2.45) is 0 Å². The van der Waals surface area contributed by atoms with Crippen molar-refractivity contribution >= 4 is 28.9 Å². The largest absolute Gasteiger partial charge is 0.464 e. The molecule has 0 radical (unpaired) electrons. The van der Waals surface area contributed by atoms with Gasteiger partial charge in [-0.2, -0.15) is 0 Å². The van der Waals surface area contributed by atoms with E-state index in [2.05, 4.69) is 0 Å². The summed E-state index contributed by atoms with van der Waals surface area (Å²) in [5.74, 6) is -0.422. The fraction of sp³-hybridized carbons (Fsp3) is 0.571. The smallest absolute Gasteiger partial charge is 0.328 e. The zero-order valence-corrected chi connectivity index (χ0v) is 12.7. The Morgan fingerprint density at radius 2 is 2.25 bits per heavy atom. The number of anilines is 1. The van der Waals surface area contributed by atoms with Crippen molar-refractivity contribution in [3.63, 3.8) is 0 Å². The van der Waals surface area contributed by atoms with Crippen LogP contribution >= 0.6 is 11.3 Å². The molecule has 0 aliphatic carbocycles. The number of nitrogens with zero attached hydrogens (tertiary/aromatic N) is 1. The maximum Gasteiger partial charge on any atom is 0.328 e. The Bertz CT molecular complexity index is 493. The molecule has 2 N–H and O–H groups in total. The molecule has 0 spiro atoms. The van der Waals surface area contributed by atoms with Crippen molar-refractivity contribution < 1.29 is 14.3 Å². The molecule has 5 nitrogen and oxygen atoms in total. The molecule has 1 amide bonds. The second kappa shape index (κ2) is 6.26. The molecule has 1 fully saturated rings. The number of esters is 1. The van der Waals surface area contributed by atoms with Gasteiger partial charge in [-0.25, -0.2) is 4.79 Å². The molecular weight excluding hydrogens is 276 g/mol. The summed E-state index contributed by atoms with van der Waals surface area (Å²) < 4.78 is 5.07. The van der Waals surface area contributed by atoms with E-state index in [9.17, 15) is 9.59 Å². The molecule has 1 atom stereocenters. The van der Waals surface area contributed by atoms with E-state index in [0.717, 1.165) is 17.7 Å². The van der Waals surface area contributed by atoms with Crippen molar-refractivity contribution in [3.05, 3.63) is 15.8 Å². The Morgan fingerprint density at radius 3 is 2.85 bits per heavy atom. The lowest BCUT2D eigenvalue weighted by molar-refractivity contribution is -0.149. The van der Waals surface area contributed by atoms with Crippen molar-refractivity contribution in [1.82, 2.24) is 4.90 Å². The Kier molecular flexibility index (Phi) is 4.65. The second-order valence-corrected chi connectivity index (χ2v) is 6.14. The van der Waals surface area contributed by atoms with Gasteiger partial charge in [-0.05, 0) is 39.2 Å². The highest BCUT2D eigenvalue weighted by molar-refractivity contribution is 7.14. The van der Waals surface area contributed by atoms with Gasteiger partial charge in [-0.3, -0.25) is 4.79 Å². The van der Waals surface area contributed by atoms with Gasteiger partial charge in [0.15, 0.2) is 0 Å². The number of amides is 1. The third kappa shape index (κ3) is 2.95. The number of hydrogen-bond acceptors (Lipinski definition) is 5. The monoisotopic (exact) mass is 296 g/mol. The summed E-state index contributed by atoms with van der Waals surface area (Å²) in [5, 5.41) is 0. The van der Waals surface area contributed by atoms with Crippen LogP contribution in [-0.4, -0.2) is 36.0 Å².